The van der Waals surface area contributed by atoms with Crippen molar-refractivity contribution in [1.29, 1.82) is 0 Å². The number of carbonyl (C=O) groups is 1. The summed E-state index contributed by atoms with van der Waals surface area (Å²) in [7, 11) is 0. The van der Waals surface area contributed by atoms with Crippen LogP contribution in [0, 0.1) is 5.92 Å². The monoisotopic (exact) mass is 283 g/mol. The van der Waals surface area contributed by atoms with Crippen LogP contribution in [0.15, 0.2) is 36.4 Å². The molecule has 2 saturated heterocycles. The van der Waals surface area contributed by atoms with Crippen molar-refractivity contribution in [2.75, 3.05) is 0 Å². The lowest BCUT2D eigenvalue weighted by molar-refractivity contribution is 0.0902. The highest BCUT2D eigenvalue weighted by atomic mass is 32.2. The Morgan fingerprint density at radius 2 is 1.80 bits per heavy atom. The summed E-state index contributed by atoms with van der Waals surface area (Å²) in [6.07, 6.45) is 4.69. The second-order valence-electron chi connectivity index (χ2n) is 5.88. The Morgan fingerprint density at radius 3 is 2.60 bits per heavy atom. The predicted molar refractivity (Wildman–Crippen MR) is 83.2 cm³/mol. The Bertz CT molecular complexity index is 657. The third-order valence-corrected chi connectivity index (χ3v) is 6.14. The molecule has 2 unspecified atom stereocenters. The van der Waals surface area contributed by atoms with E-state index in [1.54, 1.807) is 0 Å². The van der Waals surface area contributed by atoms with Crippen LogP contribution in [0.25, 0.3) is 10.9 Å². The van der Waals surface area contributed by atoms with Crippen LogP contribution < -0.4 is 0 Å². The first-order valence-electron chi connectivity index (χ1n) is 7.35. The molecule has 2 nitrogen and oxygen atoms in total. The Kier molecular flexibility index (Phi) is 3.03. The number of nitrogens with zero attached hydrogens (tertiary/aromatic N) is 1. The molecule has 2 aromatic rings. The molecular formula is C17H17NOS. The van der Waals surface area contributed by atoms with Crippen molar-refractivity contribution in [3.63, 3.8) is 0 Å². The second-order valence-corrected chi connectivity index (χ2v) is 7.48. The smallest absolute Gasteiger partial charge is 0.184 e. The Morgan fingerprint density at radius 1 is 1.05 bits per heavy atom. The van der Waals surface area contributed by atoms with Crippen molar-refractivity contribution in [3.8, 4) is 0 Å². The lowest BCUT2D eigenvalue weighted by atomic mass is 9.92. The standard InChI is InChI=1S/C17H17NOS/c19-17(12-9-13-6-7-14(10-12)20-13)16-8-5-11-3-1-2-4-15(11)18-16/h1-5,8,12-14H,6-7,9-10H2. The molecule has 0 spiro atoms. The van der Waals surface area contributed by atoms with E-state index < -0.39 is 0 Å². The number of hydrogen-bond acceptors (Lipinski definition) is 3. The number of para-hydroxylation sites is 1. The van der Waals surface area contributed by atoms with Gasteiger partial charge in [-0.15, -0.1) is 0 Å². The number of thioether (sulfide) groups is 1. The quantitative estimate of drug-likeness (QED) is 0.777. The molecule has 3 heterocycles. The molecule has 0 amide bonds. The van der Waals surface area contributed by atoms with Crippen LogP contribution in [0.5, 0.6) is 0 Å². The number of aromatic nitrogens is 1. The molecule has 0 saturated carbocycles. The third kappa shape index (κ3) is 2.14. The van der Waals surface area contributed by atoms with E-state index in [2.05, 4.69) is 16.7 Å². The van der Waals surface area contributed by atoms with Gasteiger partial charge in [-0.25, -0.2) is 4.98 Å². The van der Waals surface area contributed by atoms with Crippen LogP contribution in [0.2, 0.25) is 0 Å². The maximum atomic E-state index is 12.7. The summed E-state index contributed by atoms with van der Waals surface area (Å²) < 4.78 is 0. The summed E-state index contributed by atoms with van der Waals surface area (Å²) in [6, 6.07) is 11.9. The highest BCUT2D eigenvalue weighted by Crippen LogP contribution is 2.46. The predicted octanol–water partition coefficient (Wildman–Crippen LogP) is 4.09. The summed E-state index contributed by atoms with van der Waals surface area (Å²) in [5.74, 6) is 0.454. The van der Waals surface area contributed by atoms with Gasteiger partial charge < -0.3 is 0 Å². The Balaban J connectivity index is 1.63. The van der Waals surface area contributed by atoms with E-state index >= 15 is 0 Å². The largest absolute Gasteiger partial charge is 0.292 e. The molecule has 102 valence electrons. The first-order chi connectivity index (χ1) is 9.79. The number of rotatable bonds is 2. The van der Waals surface area contributed by atoms with E-state index in [1.807, 2.05) is 36.4 Å². The third-order valence-electron chi connectivity index (χ3n) is 4.51. The van der Waals surface area contributed by atoms with Crippen LogP contribution in [0.4, 0.5) is 0 Å². The lowest BCUT2D eigenvalue weighted by Crippen LogP contribution is -2.25. The minimum absolute atomic E-state index is 0.197. The zero-order valence-corrected chi connectivity index (χ0v) is 12.1. The average molecular weight is 283 g/mol. The van der Waals surface area contributed by atoms with Crippen molar-refractivity contribution in [1.82, 2.24) is 4.98 Å². The molecule has 0 radical (unpaired) electrons. The van der Waals surface area contributed by atoms with E-state index in [9.17, 15) is 4.79 Å². The second kappa shape index (κ2) is 4.88. The fourth-order valence-electron chi connectivity index (χ4n) is 3.48. The van der Waals surface area contributed by atoms with Gasteiger partial charge in [0.25, 0.3) is 0 Å². The van der Waals surface area contributed by atoms with Crippen molar-refractivity contribution in [2.24, 2.45) is 5.92 Å². The molecule has 4 rings (SSSR count). The van der Waals surface area contributed by atoms with Crippen LogP contribution in [0.1, 0.15) is 36.2 Å². The van der Waals surface area contributed by atoms with Crippen molar-refractivity contribution < 1.29 is 4.79 Å². The maximum Gasteiger partial charge on any atom is 0.184 e. The van der Waals surface area contributed by atoms with Gasteiger partial charge in [0.2, 0.25) is 0 Å². The topological polar surface area (TPSA) is 30.0 Å². The number of hydrogen-bond donors (Lipinski definition) is 0. The fraction of sp³-hybridized carbons (Fsp3) is 0.412. The molecule has 0 N–H and O–H groups in total. The molecule has 1 aromatic carbocycles. The summed E-state index contributed by atoms with van der Waals surface area (Å²) in [6.45, 7) is 0. The van der Waals surface area contributed by atoms with Crippen LogP contribution in [-0.2, 0) is 0 Å². The molecule has 2 atom stereocenters. The highest BCUT2D eigenvalue weighted by Gasteiger charge is 2.38. The molecule has 3 heteroatoms. The number of carbonyl (C=O) groups excluding carboxylic acids is 1. The summed E-state index contributed by atoms with van der Waals surface area (Å²) in [4.78, 5) is 17.3. The molecule has 2 fully saturated rings. The molecule has 20 heavy (non-hydrogen) atoms. The molecule has 2 bridgehead atoms. The number of ketones is 1. The van der Waals surface area contributed by atoms with Crippen LogP contribution in [-0.4, -0.2) is 21.3 Å². The van der Waals surface area contributed by atoms with Gasteiger partial charge in [-0.2, -0.15) is 11.8 Å². The minimum Gasteiger partial charge on any atom is -0.292 e. The first-order valence-corrected chi connectivity index (χ1v) is 8.29. The van der Waals surface area contributed by atoms with Gasteiger partial charge in [0, 0.05) is 21.8 Å². The van der Waals surface area contributed by atoms with Crippen molar-refractivity contribution in [3.05, 3.63) is 42.1 Å². The van der Waals surface area contributed by atoms with Gasteiger partial charge in [-0.1, -0.05) is 24.3 Å². The molecule has 0 aliphatic carbocycles. The number of pyridine rings is 1. The number of benzene rings is 1. The Labute approximate surface area is 123 Å². The average Bonchev–Trinajstić information content (AvgIpc) is 2.84. The van der Waals surface area contributed by atoms with Gasteiger partial charge in [0.05, 0.1) is 5.52 Å². The highest BCUT2D eigenvalue weighted by molar-refractivity contribution is 8.00. The zero-order valence-electron chi connectivity index (χ0n) is 11.3. The van der Waals surface area contributed by atoms with Crippen molar-refractivity contribution >= 4 is 28.4 Å². The van der Waals surface area contributed by atoms with Gasteiger partial charge in [-0.3, -0.25) is 4.79 Å². The summed E-state index contributed by atoms with van der Waals surface area (Å²) in [5.41, 5.74) is 1.58. The number of Topliss-reactive ketones (excluding diaryl/α,β-unsaturated/α-hetero) is 1. The summed E-state index contributed by atoms with van der Waals surface area (Å²) in [5, 5.41) is 2.52. The van der Waals surface area contributed by atoms with E-state index in [0.717, 1.165) is 23.7 Å². The lowest BCUT2D eigenvalue weighted by Gasteiger charge is -2.26. The Hall–Kier alpha value is -1.35. The van der Waals surface area contributed by atoms with E-state index in [-0.39, 0.29) is 11.7 Å². The van der Waals surface area contributed by atoms with E-state index in [4.69, 9.17) is 0 Å². The molecule has 2 aliphatic heterocycles. The van der Waals surface area contributed by atoms with Crippen molar-refractivity contribution in [2.45, 2.75) is 36.2 Å². The molecule has 1 aromatic heterocycles. The zero-order chi connectivity index (χ0) is 13.5. The minimum atomic E-state index is 0.197. The van der Waals surface area contributed by atoms with Gasteiger partial charge in [-0.05, 0) is 37.8 Å². The van der Waals surface area contributed by atoms with Gasteiger partial charge in [0.15, 0.2) is 5.78 Å². The maximum absolute atomic E-state index is 12.7. The first kappa shape index (κ1) is 12.4. The summed E-state index contributed by atoms with van der Waals surface area (Å²) >= 11 is 2.10. The van der Waals surface area contributed by atoms with Crippen LogP contribution >= 0.6 is 11.8 Å². The fourth-order valence-corrected chi connectivity index (χ4v) is 5.26. The molecular weight excluding hydrogens is 266 g/mol. The van der Waals surface area contributed by atoms with Gasteiger partial charge >= 0.3 is 0 Å². The van der Waals surface area contributed by atoms with Crippen LogP contribution in [0.3, 0.4) is 0 Å². The normalized spacial score (nSPS) is 28.7. The SMILES string of the molecule is O=C(c1ccc2ccccc2n1)C1CC2CCC(C1)S2. The number of fused-ring (bicyclic) bond motifs is 3. The van der Waals surface area contributed by atoms with E-state index in [1.165, 1.54) is 12.8 Å². The molecule has 2 aliphatic rings. The van der Waals surface area contributed by atoms with Gasteiger partial charge in [0.1, 0.15) is 5.69 Å². The van der Waals surface area contributed by atoms with E-state index in [0.29, 0.717) is 16.2 Å².